The van der Waals surface area contributed by atoms with Gasteiger partial charge in [0.25, 0.3) is 0 Å². The van der Waals surface area contributed by atoms with Gasteiger partial charge in [0, 0.05) is 28.1 Å². The summed E-state index contributed by atoms with van der Waals surface area (Å²) in [6.07, 6.45) is 0. The van der Waals surface area contributed by atoms with E-state index in [0.717, 1.165) is 53.8 Å². The van der Waals surface area contributed by atoms with Crippen LogP contribution in [0.15, 0.2) is 103 Å². The fourth-order valence-electron chi connectivity index (χ4n) is 4.99. The summed E-state index contributed by atoms with van der Waals surface area (Å²) in [4.78, 5) is 48.2. The Morgan fingerprint density at radius 3 is 1.56 bits per heavy atom. The van der Waals surface area contributed by atoms with Crippen molar-refractivity contribution >= 4 is 99.6 Å². The van der Waals surface area contributed by atoms with Crippen LogP contribution in [0.2, 0.25) is 0 Å². The van der Waals surface area contributed by atoms with E-state index < -0.39 is 68.1 Å². The quantitative estimate of drug-likeness (QED) is 0.0468. The van der Waals surface area contributed by atoms with Gasteiger partial charge in [-0.15, -0.1) is 20.5 Å². The van der Waals surface area contributed by atoms with Gasteiger partial charge >= 0.3 is 140 Å². The van der Waals surface area contributed by atoms with E-state index in [4.69, 9.17) is 0 Å². The van der Waals surface area contributed by atoms with Crippen molar-refractivity contribution in [2.75, 3.05) is 23.7 Å². The Kier molecular flexibility index (Phi) is 24.6. The number of carboxylic acid groups (broad SMARTS) is 4. The zero-order chi connectivity index (χ0) is 45.4. The van der Waals surface area contributed by atoms with Gasteiger partial charge in [-0.25, -0.2) is 31.3 Å². The van der Waals surface area contributed by atoms with E-state index in [1.165, 1.54) is 37.3 Å². The molecule has 0 saturated carbocycles. The van der Waals surface area contributed by atoms with E-state index >= 15 is 0 Å². The molecular weight excluding hydrogens is 967 g/mol. The topological polar surface area (TPSA) is 387 Å². The molecule has 66 heavy (non-hydrogen) atoms. The number of aliphatic carboxylic acids is 2. The van der Waals surface area contributed by atoms with Gasteiger partial charge in [0.1, 0.15) is 22.8 Å². The van der Waals surface area contributed by atoms with Crippen LogP contribution in [0.25, 0.3) is 0 Å². The number of pyridine rings is 1. The maximum atomic E-state index is 12.5. The van der Waals surface area contributed by atoms with Crippen molar-refractivity contribution in [1.82, 2.24) is 14.4 Å². The number of benzene rings is 3. The normalized spacial score (nSPS) is 10.8. The van der Waals surface area contributed by atoms with Crippen molar-refractivity contribution < 1.29 is 197 Å². The van der Waals surface area contributed by atoms with E-state index in [9.17, 15) is 67.0 Å². The van der Waals surface area contributed by atoms with E-state index in [0.29, 0.717) is 0 Å². The number of carbonyl (C=O) groups excluding carboxylic acids is 4. The Labute approximate surface area is 487 Å². The molecule has 0 aliphatic heterocycles. The van der Waals surface area contributed by atoms with Gasteiger partial charge in [-0.1, -0.05) is 11.3 Å². The number of nitrogens with zero attached hydrogens (tertiary/aromatic N) is 7. The molecule has 2 aromatic heterocycles. The number of aromatic carboxylic acids is 2. The van der Waals surface area contributed by atoms with Crippen LogP contribution in [0.4, 0.5) is 44.4 Å². The molecule has 0 amide bonds. The molecule has 0 saturated heterocycles. The number of anilines is 4. The minimum absolute atomic E-state index is 0. The first-order valence-electron chi connectivity index (χ1n) is 16.8. The molecule has 0 spiro atoms. The second kappa shape index (κ2) is 26.9. The molecule has 3 aromatic carbocycles. The number of nitriles is 2. The fourth-order valence-corrected chi connectivity index (χ4v) is 7.68. The Morgan fingerprint density at radius 1 is 0.667 bits per heavy atom. The molecule has 4 N–H and O–H groups in total. The van der Waals surface area contributed by atoms with Crippen molar-refractivity contribution in [2.24, 2.45) is 20.5 Å². The van der Waals surface area contributed by atoms with E-state index in [1.54, 1.807) is 0 Å². The zero-order valence-electron chi connectivity index (χ0n) is 35.1. The van der Waals surface area contributed by atoms with Crippen LogP contribution in [0.5, 0.6) is 0 Å². The molecule has 0 bridgehead atoms. The molecule has 30 heteroatoms. The summed E-state index contributed by atoms with van der Waals surface area (Å²) in [5, 5.41) is 86.5. The third-order valence-corrected chi connectivity index (χ3v) is 11.6. The van der Waals surface area contributed by atoms with Gasteiger partial charge in [0.05, 0.1) is 63.6 Å². The van der Waals surface area contributed by atoms with Crippen molar-refractivity contribution in [3.8, 4) is 12.1 Å². The Balaban J connectivity index is 0.00000544. The van der Waals surface area contributed by atoms with Crippen LogP contribution < -0.4 is 181 Å². The number of hydrogen-bond acceptors (Lipinski definition) is 22. The number of hydrogen-bond donors (Lipinski definition) is 4. The molecule has 316 valence electrons. The Hall–Kier alpha value is -3.54. The largest absolute Gasteiger partial charge is 1.00 e. The van der Waals surface area contributed by atoms with E-state index in [-0.39, 0.29) is 211 Å². The first kappa shape index (κ1) is 60.5. The number of nitrogens with one attached hydrogen (secondary N) is 4. The standard InChI is InChI=1S/C36H27N11O12S3.2K.2Li/c1-18-27(15-38)32(41-22-2-6-25(7-3-22)61(56,57)39-16-29(48)49)43-33(42-23-4-8-26(9-5-23)62(58,59)40-17-30(50)51)31(18)46-47-34-21(14-37)13-28(60-34)45-44-24-11-19(35(52)53)10-20(12-24)36(54)55;;;;/h2-13,39-40H,16-17H2,1H3,(H,48,49)(H,50,51)(H,52,53)(H,54,55)(H2,41,42,43);;;;/q;4*+1/p-4. The minimum atomic E-state index is -4.26. The number of azo groups is 2. The van der Waals surface area contributed by atoms with Crippen molar-refractivity contribution in [3.05, 3.63) is 101 Å². The second-order valence-corrected chi connectivity index (χ2v) is 16.7. The monoisotopic (exact) mass is 989 g/mol. The second-order valence-electron chi connectivity index (χ2n) is 12.1. The maximum Gasteiger partial charge on any atom is 1.00 e. The summed E-state index contributed by atoms with van der Waals surface area (Å²) < 4.78 is 53.8. The molecule has 5 rings (SSSR count). The van der Waals surface area contributed by atoms with Crippen molar-refractivity contribution in [2.45, 2.75) is 16.7 Å². The first-order chi connectivity index (χ1) is 29.3. The van der Waals surface area contributed by atoms with Crippen LogP contribution in [0.3, 0.4) is 0 Å². The third kappa shape index (κ3) is 16.3. The molecule has 0 unspecified atom stereocenters. The third-order valence-electron chi connectivity index (χ3n) is 7.91. The van der Waals surface area contributed by atoms with Crippen LogP contribution >= 0.6 is 11.3 Å². The summed E-state index contributed by atoms with van der Waals surface area (Å²) in [6.45, 7) is -0.474. The fraction of sp³-hybridized carbons (Fsp3) is 0.0833. The van der Waals surface area contributed by atoms with Crippen molar-refractivity contribution in [1.29, 1.82) is 10.5 Å². The van der Waals surface area contributed by atoms with Gasteiger partial charge < -0.3 is 50.2 Å². The summed E-state index contributed by atoms with van der Waals surface area (Å²) in [7, 11) is -8.49. The van der Waals surface area contributed by atoms with Gasteiger partial charge in [-0.3, -0.25) is 0 Å². The zero-order valence-corrected chi connectivity index (χ0v) is 43.8. The molecule has 0 aliphatic rings. The Bertz CT molecular complexity index is 2990. The SMILES string of the molecule is Cc1c(C#N)c(Nc2ccc(S(=O)(=O)NCC(=O)[O-])cc2)nc(Nc2ccc(S(=O)(=O)NCC(=O)[O-])cc2)c1N=Nc1sc(N=Nc2cc(C(=O)[O-])cc(C(=O)[O-])c2)cc1C#N.[K+].[K+].[Li+].[Li+]. The average Bonchev–Trinajstić information content (AvgIpc) is 3.63. The predicted octanol–water partition coefficient (Wildman–Crippen LogP) is -11.7. The summed E-state index contributed by atoms with van der Waals surface area (Å²) in [5.41, 5.74) is -0.870. The predicted molar refractivity (Wildman–Crippen MR) is 206 cm³/mol. The molecule has 2 heterocycles. The smallest absolute Gasteiger partial charge is 0.549 e. The van der Waals surface area contributed by atoms with Crippen LogP contribution in [-0.4, -0.2) is 58.8 Å². The van der Waals surface area contributed by atoms with Gasteiger partial charge in [0.15, 0.2) is 16.6 Å². The maximum absolute atomic E-state index is 12.5. The number of rotatable bonds is 18. The number of sulfonamides is 2. The average molecular weight is 990 g/mol. The van der Waals surface area contributed by atoms with Crippen LogP contribution in [-0.2, 0) is 29.6 Å². The number of carboxylic acids is 4. The molecule has 23 nitrogen and oxygen atoms in total. The molecule has 5 aromatic rings. The summed E-state index contributed by atoms with van der Waals surface area (Å²) in [6, 6.07) is 17.8. The first-order valence-corrected chi connectivity index (χ1v) is 20.6. The number of carbonyl (C=O) groups is 4. The van der Waals surface area contributed by atoms with Gasteiger partial charge in [-0.05, 0) is 79.7 Å². The molecule has 0 fully saturated rings. The summed E-state index contributed by atoms with van der Waals surface area (Å²) >= 11 is 0.789. The van der Waals surface area contributed by atoms with Gasteiger partial charge in [-0.2, -0.15) is 10.5 Å². The Morgan fingerprint density at radius 2 is 1.14 bits per heavy atom. The molecule has 0 aliphatic carbocycles. The minimum Gasteiger partial charge on any atom is -0.549 e. The van der Waals surface area contributed by atoms with E-state index in [1.807, 2.05) is 21.6 Å². The summed E-state index contributed by atoms with van der Waals surface area (Å²) in [5.74, 6) is -6.87. The van der Waals surface area contributed by atoms with Crippen LogP contribution in [0, 0.1) is 29.6 Å². The molecular formula is C36H23K2Li2N11O12S3. The molecule has 0 radical (unpaired) electrons. The number of aromatic nitrogens is 1. The van der Waals surface area contributed by atoms with Gasteiger partial charge in [0.2, 0.25) is 20.0 Å². The number of thiophene rings is 1. The van der Waals surface area contributed by atoms with Crippen LogP contribution in [0.1, 0.15) is 37.4 Å². The van der Waals surface area contributed by atoms with Crippen molar-refractivity contribution in [3.63, 3.8) is 0 Å². The molecule has 0 atom stereocenters. The van der Waals surface area contributed by atoms with E-state index in [2.05, 4.69) is 36.1 Å².